The van der Waals surface area contributed by atoms with E-state index in [0.717, 1.165) is 16.5 Å². The smallest absolute Gasteiger partial charge is 0.323 e. The Labute approximate surface area is 133 Å². The molecule has 23 heavy (non-hydrogen) atoms. The fraction of sp³-hybridized carbons (Fsp3) is 0.375. The molecule has 0 spiro atoms. The number of aliphatic carboxylic acids is 1. The first-order valence-electron chi connectivity index (χ1n) is 7.18. The van der Waals surface area contributed by atoms with E-state index in [-0.39, 0.29) is 32.0 Å². The average molecular weight is 320 g/mol. The number of aromatic amines is 1. The van der Waals surface area contributed by atoms with E-state index in [1.807, 2.05) is 18.2 Å². The number of carboxylic acid groups (broad SMARTS) is 1. The van der Waals surface area contributed by atoms with Crippen LogP contribution >= 0.6 is 0 Å². The summed E-state index contributed by atoms with van der Waals surface area (Å²) in [7, 11) is 3.08. The second-order valence-corrected chi connectivity index (χ2v) is 5.08. The molecular weight excluding hydrogens is 300 g/mol. The number of benzene rings is 1. The molecule has 1 heterocycles. The maximum absolute atomic E-state index is 12.4. The third-order valence-corrected chi connectivity index (χ3v) is 3.55. The molecule has 0 aliphatic carbocycles. The Kier molecular flexibility index (Phi) is 5.59. The molecule has 0 atom stereocenters. The Morgan fingerprint density at radius 3 is 2.74 bits per heavy atom. The lowest BCUT2D eigenvalue weighted by Gasteiger charge is -2.20. The fourth-order valence-corrected chi connectivity index (χ4v) is 2.46. The van der Waals surface area contributed by atoms with Crippen molar-refractivity contribution in [3.63, 3.8) is 0 Å². The van der Waals surface area contributed by atoms with Crippen LogP contribution in [0, 0.1) is 0 Å². The minimum absolute atomic E-state index is 0.0946. The molecule has 1 amide bonds. The highest BCUT2D eigenvalue weighted by atomic mass is 16.5. The van der Waals surface area contributed by atoms with Crippen molar-refractivity contribution in [1.82, 2.24) is 9.88 Å². The average Bonchev–Trinajstić information content (AvgIpc) is 2.94. The molecule has 1 aromatic carbocycles. The first kappa shape index (κ1) is 16.8. The summed E-state index contributed by atoms with van der Waals surface area (Å²) >= 11 is 0. The number of aromatic nitrogens is 1. The van der Waals surface area contributed by atoms with Crippen molar-refractivity contribution < 1.29 is 24.2 Å². The van der Waals surface area contributed by atoms with Crippen molar-refractivity contribution >= 4 is 22.8 Å². The van der Waals surface area contributed by atoms with Gasteiger partial charge in [-0.15, -0.1) is 0 Å². The van der Waals surface area contributed by atoms with Crippen LogP contribution in [0.4, 0.5) is 0 Å². The van der Waals surface area contributed by atoms with Gasteiger partial charge in [-0.05, 0) is 17.7 Å². The van der Waals surface area contributed by atoms with E-state index >= 15 is 0 Å². The molecule has 0 aliphatic heterocycles. The second-order valence-electron chi connectivity index (χ2n) is 5.08. The van der Waals surface area contributed by atoms with E-state index in [9.17, 15) is 9.59 Å². The molecule has 0 bridgehead atoms. The zero-order valence-corrected chi connectivity index (χ0v) is 13.2. The molecule has 0 saturated heterocycles. The quantitative estimate of drug-likeness (QED) is 0.764. The lowest BCUT2D eigenvalue weighted by Crippen LogP contribution is -2.38. The van der Waals surface area contributed by atoms with Crippen molar-refractivity contribution in [3.8, 4) is 5.75 Å². The number of nitrogens with zero attached hydrogens (tertiary/aromatic N) is 1. The summed E-state index contributed by atoms with van der Waals surface area (Å²) in [5.74, 6) is -0.643. The van der Waals surface area contributed by atoms with Crippen LogP contribution in [-0.2, 0) is 20.7 Å². The maximum Gasteiger partial charge on any atom is 0.323 e. The molecule has 0 unspecified atom stereocenters. The molecule has 124 valence electrons. The summed E-state index contributed by atoms with van der Waals surface area (Å²) < 4.78 is 10.3. The lowest BCUT2D eigenvalue weighted by molar-refractivity contribution is -0.144. The van der Waals surface area contributed by atoms with Crippen molar-refractivity contribution in [2.45, 2.75) is 6.42 Å². The zero-order chi connectivity index (χ0) is 16.8. The Morgan fingerprint density at radius 1 is 1.30 bits per heavy atom. The Balaban J connectivity index is 2.22. The van der Waals surface area contributed by atoms with Gasteiger partial charge in [0.25, 0.3) is 0 Å². The van der Waals surface area contributed by atoms with Gasteiger partial charge in [0, 0.05) is 30.8 Å². The van der Waals surface area contributed by atoms with Crippen LogP contribution in [0.3, 0.4) is 0 Å². The summed E-state index contributed by atoms with van der Waals surface area (Å²) in [6, 6.07) is 5.58. The third-order valence-electron chi connectivity index (χ3n) is 3.55. The molecule has 2 N–H and O–H groups in total. The highest BCUT2D eigenvalue weighted by molar-refractivity contribution is 5.93. The van der Waals surface area contributed by atoms with Crippen LogP contribution in [0.25, 0.3) is 10.9 Å². The molecule has 0 aliphatic rings. The van der Waals surface area contributed by atoms with E-state index in [4.69, 9.17) is 14.6 Å². The summed E-state index contributed by atoms with van der Waals surface area (Å²) in [6.45, 7) is 0.180. The molecule has 0 radical (unpaired) electrons. The summed E-state index contributed by atoms with van der Waals surface area (Å²) in [4.78, 5) is 27.8. The number of nitrogens with one attached hydrogen (secondary N) is 1. The van der Waals surface area contributed by atoms with Gasteiger partial charge in [-0.3, -0.25) is 9.59 Å². The summed E-state index contributed by atoms with van der Waals surface area (Å²) in [5.41, 5.74) is 1.64. The van der Waals surface area contributed by atoms with Gasteiger partial charge >= 0.3 is 5.97 Å². The Bertz CT molecular complexity index is 695. The normalized spacial score (nSPS) is 10.7. The first-order chi connectivity index (χ1) is 11.1. The van der Waals surface area contributed by atoms with Crippen molar-refractivity contribution in [2.75, 3.05) is 33.9 Å². The molecular formula is C16H20N2O5. The third kappa shape index (κ3) is 4.01. The van der Waals surface area contributed by atoms with Gasteiger partial charge in [0.15, 0.2) is 0 Å². The zero-order valence-electron chi connectivity index (χ0n) is 13.2. The number of carbonyl (C=O) groups is 2. The molecule has 0 fully saturated rings. The minimum Gasteiger partial charge on any atom is -0.496 e. The summed E-state index contributed by atoms with van der Waals surface area (Å²) in [5, 5.41) is 9.79. The maximum atomic E-state index is 12.4. The first-order valence-corrected chi connectivity index (χ1v) is 7.18. The highest BCUT2D eigenvalue weighted by Crippen LogP contribution is 2.29. The topological polar surface area (TPSA) is 91.9 Å². The molecule has 7 heteroatoms. The Hall–Kier alpha value is -2.54. The van der Waals surface area contributed by atoms with E-state index < -0.39 is 5.97 Å². The van der Waals surface area contributed by atoms with Crippen molar-refractivity contribution in [3.05, 3.63) is 30.0 Å². The highest BCUT2D eigenvalue weighted by Gasteiger charge is 2.19. The number of carbonyl (C=O) groups excluding carboxylic acids is 1. The fourth-order valence-electron chi connectivity index (χ4n) is 2.46. The van der Waals surface area contributed by atoms with Crippen LogP contribution in [0.15, 0.2) is 24.4 Å². The van der Waals surface area contributed by atoms with Crippen LogP contribution < -0.4 is 4.74 Å². The van der Waals surface area contributed by atoms with Crippen LogP contribution in [0.5, 0.6) is 5.75 Å². The van der Waals surface area contributed by atoms with E-state index in [1.54, 1.807) is 13.3 Å². The van der Waals surface area contributed by atoms with E-state index in [2.05, 4.69) is 4.98 Å². The standard InChI is InChI=1S/C16H20N2O5/c1-22-7-6-18(10-15(20)21)14(19)8-11-9-17-12-4-3-5-13(23-2)16(11)12/h3-5,9,17H,6-8,10H2,1-2H3,(H,20,21). The minimum atomic E-state index is -1.05. The number of ether oxygens (including phenoxy) is 2. The number of carboxylic acids is 1. The Morgan fingerprint density at radius 2 is 2.09 bits per heavy atom. The number of H-pyrrole nitrogens is 1. The number of hydrogen-bond donors (Lipinski definition) is 2. The van der Waals surface area contributed by atoms with Gasteiger partial charge in [0.05, 0.1) is 20.1 Å². The molecule has 0 saturated carbocycles. The van der Waals surface area contributed by atoms with Gasteiger partial charge in [0.2, 0.25) is 5.91 Å². The van der Waals surface area contributed by atoms with Crippen molar-refractivity contribution in [1.29, 1.82) is 0 Å². The number of methoxy groups -OCH3 is 2. The number of hydrogen-bond acceptors (Lipinski definition) is 4. The van der Waals surface area contributed by atoms with Gasteiger partial charge in [-0.2, -0.15) is 0 Å². The molecule has 1 aromatic heterocycles. The molecule has 7 nitrogen and oxygen atoms in total. The number of amides is 1. The number of rotatable bonds is 8. The molecule has 2 aromatic rings. The van der Waals surface area contributed by atoms with E-state index in [0.29, 0.717) is 5.75 Å². The monoisotopic (exact) mass is 320 g/mol. The van der Waals surface area contributed by atoms with Crippen molar-refractivity contribution in [2.24, 2.45) is 0 Å². The SMILES string of the molecule is COCCN(CC(=O)O)C(=O)Cc1c[nH]c2cccc(OC)c12. The summed E-state index contributed by atoms with van der Waals surface area (Å²) in [6.07, 6.45) is 1.84. The second kappa shape index (κ2) is 7.64. The van der Waals surface area contributed by atoms with Gasteiger partial charge in [-0.1, -0.05) is 6.07 Å². The van der Waals surface area contributed by atoms with E-state index in [1.165, 1.54) is 12.0 Å². The van der Waals surface area contributed by atoms with Gasteiger partial charge in [-0.25, -0.2) is 0 Å². The van der Waals surface area contributed by atoms with Crippen LogP contribution in [0.1, 0.15) is 5.56 Å². The lowest BCUT2D eigenvalue weighted by atomic mass is 10.1. The largest absolute Gasteiger partial charge is 0.496 e. The molecule has 2 rings (SSSR count). The van der Waals surface area contributed by atoms with Gasteiger partial charge in [0.1, 0.15) is 12.3 Å². The number of fused-ring (bicyclic) bond motifs is 1. The van der Waals surface area contributed by atoms with Crippen LogP contribution in [-0.4, -0.2) is 60.8 Å². The van der Waals surface area contributed by atoms with Gasteiger partial charge < -0.3 is 24.5 Å². The predicted octanol–water partition coefficient (Wildman–Crippen LogP) is 1.28. The van der Waals surface area contributed by atoms with Crippen LogP contribution in [0.2, 0.25) is 0 Å². The predicted molar refractivity (Wildman–Crippen MR) is 84.6 cm³/mol.